The molecule has 2 aromatic heterocycles. The standard InChI is InChI=1S/C21H23N5O3S2/c1-13(20(28)23-15-8-6-14(7-9-15)18(22)27)31-21-25-24-19(17-5-3-11-30-17)26(21)12-16-4-2-10-29-16/h3,5-9,11,13,16H,2,4,10,12H2,1H3,(H2,22,27)(H,23,28)/t13-,16-/m0/s1. The summed E-state index contributed by atoms with van der Waals surface area (Å²) in [5.41, 5.74) is 6.25. The highest BCUT2D eigenvalue weighted by Gasteiger charge is 2.25. The first kappa shape index (κ1) is 21.5. The number of aromatic nitrogens is 3. The zero-order valence-electron chi connectivity index (χ0n) is 17.0. The summed E-state index contributed by atoms with van der Waals surface area (Å²) in [4.78, 5) is 25.0. The molecule has 1 fully saturated rings. The predicted molar refractivity (Wildman–Crippen MR) is 121 cm³/mol. The van der Waals surface area contributed by atoms with Crippen molar-refractivity contribution in [1.29, 1.82) is 0 Å². The Labute approximate surface area is 188 Å². The number of thioether (sulfide) groups is 1. The van der Waals surface area contributed by atoms with Gasteiger partial charge >= 0.3 is 0 Å². The third-order valence-electron chi connectivity index (χ3n) is 4.96. The third-order valence-corrected chi connectivity index (χ3v) is 6.90. The van der Waals surface area contributed by atoms with E-state index in [9.17, 15) is 9.59 Å². The quantitative estimate of drug-likeness (QED) is 0.502. The third kappa shape index (κ3) is 5.15. The number of hydrogen-bond donors (Lipinski definition) is 2. The van der Waals surface area contributed by atoms with Gasteiger partial charge in [-0.15, -0.1) is 21.5 Å². The van der Waals surface area contributed by atoms with E-state index in [1.54, 1.807) is 35.6 Å². The number of nitrogens with zero attached hydrogens (tertiary/aromatic N) is 3. The Morgan fingerprint density at radius 3 is 2.77 bits per heavy atom. The summed E-state index contributed by atoms with van der Waals surface area (Å²) in [6.07, 6.45) is 2.18. The number of anilines is 1. The zero-order chi connectivity index (χ0) is 21.8. The number of carbonyl (C=O) groups excluding carboxylic acids is 2. The average molecular weight is 458 g/mol. The molecule has 0 bridgehead atoms. The van der Waals surface area contributed by atoms with Crippen LogP contribution in [0.25, 0.3) is 10.7 Å². The topological polar surface area (TPSA) is 112 Å². The van der Waals surface area contributed by atoms with Crippen LogP contribution in [0.3, 0.4) is 0 Å². The molecule has 2 amide bonds. The Morgan fingerprint density at radius 1 is 1.32 bits per heavy atom. The van der Waals surface area contributed by atoms with Gasteiger partial charge in [0.15, 0.2) is 11.0 Å². The summed E-state index contributed by atoms with van der Waals surface area (Å²) in [5, 5.41) is 13.9. The number of nitrogens with two attached hydrogens (primary N) is 1. The van der Waals surface area contributed by atoms with Crippen LogP contribution in [0, 0.1) is 0 Å². The first-order valence-electron chi connectivity index (χ1n) is 9.97. The van der Waals surface area contributed by atoms with Gasteiger partial charge in [0.2, 0.25) is 11.8 Å². The molecule has 31 heavy (non-hydrogen) atoms. The van der Waals surface area contributed by atoms with E-state index in [0.29, 0.717) is 23.0 Å². The number of rotatable bonds is 8. The van der Waals surface area contributed by atoms with Crippen molar-refractivity contribution in [3.05, 3.63) is 47.3 Å². The molecule has 3 N–H and O–H groups in total. The molecule has 0 spiro atoms. The van der Waals surface area contributed by atoms with E-state index in [4.69, 9.17) is 10.5 Å². The van der Waals surface area contributed by atoms with Crippen LogP contribution in [0.1, 0.15) is 30.1 Å². The van der Waals surface area contributed by atoms with Crippen molar-refractivity contribution < 1.29 is 14.3 Å². The van der Waals surface area contributed by atoms with Crippen LogP contribution in [0.2, 0.25) is 0 Å². The van der Waals surface area contributed by atoms with Gasteiger partial charge in [-0.05, 0) is 55.5 Å². The minimum Gasteiger partial charge on any atom is -0.376 e. The van der Waals surface area contributed by atoms with Crippen LogP contribution < -0.4 is 11.1 Å². The summed E-state index contributed by atoms with van der Waals surface area (Å²) in [6.45, 7) is 3.26. The lowest BCUT2D eigenvalue weighted by Crippen LogP contribution is -2.23. The van der Waals surface area contributed by atoms with Crippen molar-refractivity contribution >= 4 is 40.6 Å². The average Bonchev–Trinajstić information content (AvgIpc) is 3.52. The van der Waals surface area contributed by atoms with Crippen molar-refractivity contribution in [2.24, 2.45) is 5.73 Å². The number of benzene rings is 1. The van der Waals surface area contributed by atoms with Crippen molar-refractivity contribution in [2.45, 2.75) is 42.8 Å². The summed E-state index contributed by atoms with van der Waals surface area (Å²) in [6, 6.07) is 10.5. The maximum Gasteiger partial charge on any atom is 0.248 e. The van der Waals surface area contributed by atoms with Crippen LogP contribution in [-0.2, 0) is 16.1 Å². The fourth-order valence-corrected chi connectivity index (χ4v) is 4.87. The van der Waals surface area contributed by atoms with Crippen LogP contribution in [0.15, 0.2) is 46.9 Å². The maximum absolute atomic E-state index is 12.7. The number of thiophene rings is 1. The molecule has 0 saturated carbocycles. The van der Waals surface area contributed by atoms with Gasteiger partial charge in [-0.3, -0.25) is 14.2 Å². The number of ether oxygens (including phenoxy) is 1. The van der Waals surface area contributed by atoms with Crippen LogP contribution in [-0.4, -0.2) is 44.5 Å². The molecule has 162 valence electrons. The lowest BCUT2D eigenvalue weighted by molar-refractivity contribution is -0.115. The van der Waals surface area contributed by atoms with Crippen molar-refractivity contribution in [3.63, 3.8) is 0 Å². The van der Waals surface area contributed by atoms with Crippen LogP contribution >= 0.6 is 23.1 Å². The predicted octanol–water partition coefficient (Wildman–Crippen LogP) is 3.40. The number of carbonyl (C=O) groups is 2. The number of amides is 2. The van der Waals surface area contributed by atoms with E-state index in [1.807, 2.05) is 24.4 Å². The maximum atomic E-state index is 12.7. The first-order chi connectivity index (χ1) is 15.0. The molecule has 0 radical (unpaired) electrons. The minimum absolute atomic E-state index is 0.127. The van der Waals surface area contributed by atoms with E-state index in [0.717, 1.165) is 30.2 Å². The van der Waals surface area contributed by atoms with Gasteiger partial charge in [0.25, 0.3) is 0 Å². The molecule has 3 aromatic rings. The fourth-order valence-electron chi connectivity index (χ4n) is 3.29. The van der Waals surface area contributed by atoms with Crippen molar-refractivity contribution in [2.75, 3.05) is 11.9 Å². The van der Waals surface area contributed by atoms with Gasteiger partial charge in [-0.25, -0.2) is 0 Å². The van der Waals surface area contributed by atoms with Gasteiger partial charge in [0, 0.05) is 17.9 Å². The second-order valence-corrected chi connectivity index (χ2v) is 9.48. The summed E-state index contributed by atoms with van der Waals surface area (Å²) in [7, 11) is 0. The van der Waals surface area contributed by atoms with Gasteiger partial charge in [-0.1, -0.05) is 17.8 Å². The molecule has 0 aliphatic carbocycles. The molecule has 10 heteroatoms. The van der Waals surface area contributed by atoms with E-state index < -0.39 is 11.2 Å². The number of nitrogens with one attached hydrogen (secondary N) is 1. The molecular weight excluding hydrogens is 434 g/mol. The lowest BCUT2D eigenvalue weighted by atomic mass is 10.2. The van der Waals surface area contributed by atoms with Gasteiger partial charge in [0.1, 0.15) is 0 Å². The van der Waals surface area contributed by atoms with E-state index in [-0.39, 0.29) is 12.0 Å². The number of primary amides is 1. The summed E-state index contributed by atoms with van der Waals surface area (Å²) in [5.74, 6) is 0.123. The van der Waals surface area contributed by atoms with Gasteiger partial charge in [-0.2, -0.15) is 0 Å². The molecule has 3 heterocycles. The molecule has 1 aromatic carbocycles. The molecule has 1 saturated heterocycles. The SMILES string of the molecule is C[C@H](Sc1nnc(-c2cccs2)n1C[C@@H]1CCCO1)C(=O)Nc1ccc(C(N)=O)cc1. The lowest BCUT2D eigenvalue weighted by Gasteiger charge is -2.16. The zero-order valence-corrected chi connectivity index (χ0v) is 18.6. The van der Waals surface area contributed by atoms with E-state index in [1.165, 1.54) is 11.8 Å². The molecule has 1 aliphatic heterocycles. The highest BCUT2D eigenvalue weighted by Crippen LogP contribution is 2.31. The molecule has 4 rings (SSSR count). The molecular formula is C21H23N5O3S2. The second kappa shape index (κ2) is 9.63. The number of hydrogen-bond acceptors (Lipinski definition) is 7. The smallest absolute Gasteiger partial charge is 0.248 e. The molecule has 2 atom stereocenters. The Balaban J connectivity index is 1.48. The van der Waals surface area contributed by atoms with Crippen molar-refractivity contribution in [3.8, 4) is 10.7 Å². The Bertz CT molecular complexity index is 1040. The second-order valence-electron chi connectivity index (χ2n) is 7.22. The molecule has 1 aliphatic rings. The largest absolute Gasteiger partial charge is 0.376 e. The van der Waals surface area contributed by atoms with Gasteiger partial charge < -0.3 is 15.8 Å². The highest BCUT2D eigenvalue weighted by molar-refractivity contribution is 8.00. The summed E-state index contributed by atoms with van der Waals surface area (Å²) < 4.78 is 7.87. The monoisotopic (exact) mass is 457 g/mol. The van der Waals surface area contributed by atoms with Crippen molar-refractivity contribution in [1.82, 2.24) is 14.8 Å². The van der Waals surface area contributed by atoms with Crippen LogP contribution in [0.5, 0.6) is 0 Å². The van der Waals surface area contributed by atoms with E-state index >= 15 is 0 Å². The van der Waals surface area contributed by atoms with Gasteiger partial charge in [0.05, 0.1) is 22.8 Å². The normalized spacial score (nSPS) is 16.9. The highest BCUT2D eigenvalue weighted by atomic mass is 32.2. The Morgan fingerprint density at radius 2 is 2.13 bits per heavy atom. The molecule has 0 unspecified atom stereocenters. The Hall–Kier alpha value is -2.69. The minimum atomic E-state index is -0.506. The van der Waals surface area contributed by atoms with E-state index in [2.05, 4.69) is 20.1 Å². The van der Waals surface area contributed by atoms with Crippen LogP contribution in [0.4, 0.5) is 5.69 Å². The molecule has 8 nitrogen and oxygen atoms in total. The summed E-state index contributed by atoms with van der Waals surface area (Å²) >= 11 is 2.97. The Kier molecular flexibility index (Phi) is 6.69. The first-order valence-corrected chi connectivity index (χ1v) is 11.7. The fraction of sp³-hybridized carbons (Fsp3) is 0.333.